The molecule has 148 valence electrons. The average Bonchev–Trinajstić information content (AvgIpc) is 2.91. The highest BCUT2D eigenvalue weighted by Gasteiger charge is 2.32. The van der Waals surface area contributed by atoms with Gasteiger partial charge < -0.3 is 4.57 Å². The van der Waals surface area contributed by atoms with Crippen molar-refractivity contribution in [1.29, 1.82) is 0 Å². The second-order valence-electron chi connectivity index (χ2n) is 6.90. The smallest absolute Gasteiger partial charge is 0.335 e. The van der Waals surface area contributed by atoms with E-state index in [-0.39, 0.29) is 0 Å². The van der Waals surface area contributed by atoms with Crippen molar-refractivity contribution < 1.29 is 13.2 Å². The lowest BCUT2D eigenvalue weighted by Crippen LogP contribution is -2.09. The zero-order valence-electron chi connectivity index (χ0n) is 15.7. The third-order valence-electron chi connectivity index (χ3n) is 4.37. The number of aryl methyl sites for hydroxylation is 1. The molecule has 0 N–H and O–H groups in total. The molecule has 0 amide bonds. The van der Waals surface area contributed by atoms with Gasteiger partial charge in [0.2, 0.25) is 0 Å². The summed E-state index contributed by atoms with van der Waals surface area (Å²) in [6, 6.07) is 12.3. The summed E-state index contributed by atoms with van der Waals surface area (Å²) in [4.78, 5) is 4.59. The van der Waals surface area contributed by atoms with Crippen LogP contribution in [0.4, 0.5) is 13.2 Å². The van der Waals surface area contributed by atoms with Gasteiger partial charge in [-0.2, -0.15) is 13.2 Å². The largest absolute Gasteiger partial charge is 0.433 e. The maximum Gasteiger partial charge on any atom is 0.433 e. The van der Waals surface area contributed by atoms with E-state index < -0.39 is 11.9 Å². The Labute approximate surface area is 171 Å². The number of nitrogens with zero attached hydrogens (tertiary/aromatic N) is 2. The average molecular weight is 425 g/mol. The summed E-state index contributed by atoms with van der Waals surface area (Å²) in [7, 11) is 0. The molecule has 0 saturated carbocycles. The number of hydrogen-bond donors (Lipinski definition) is 0. The van der Waals surface area contributed by atoms with Gasteiger partial charge in [0.1, 0.15) is 5.69 Å². The molecule has 28 heavy (non-hydrogen) atoms. The fraction of sp³-hybridized carbons (Fsp3) is 0.286. The van der Waals surface area contributed by atoms with E-state index in [2.05, 4.69) is 29.5 Å². The van der Waals surface area contributed by atoms with Crippen LogP contribution in [0.1, 0.15) is 42.3 Å². The first kappa shape index (κ1) is 20.8. The van der Waals surface area contributed by atoms with E-state index in [0.717, 1.165) is 27.2 Å². The van der Waals surface area contributed by atoms with Gasteiger partial charge in [0.05, 0.1) is 5.03 Å². The minimum Gasteiger partial charge on any atom is -0.335 e. The quantitative estimate of drug-likeness (QED) is 0.431. The molecule has 0 aliphatic heterocycles. The van der Waals surface area contributed by atoms with Crippen LogP contribution in [-0.2, 0) is 12.7 Å². The van der Waals surface area contributed by atoms with Crippen LogP contribution in [0.3, 0.4) is 0 Å². The van der Waals surface area contributed by atoms with Crippen LogP contribution in [0, 0.1) is 6.92 Å². The second-order valence-corrected chi connectivity index (χ2v) is 8.39. The number of benzene rings is 1. The van der Waals surface area contributed by atoms with E-state index in [1.54, 1.807) is 11.8 Å². The number of alkyl halides is 3. The van der Waals surface area contributed by atoms with Crippen LogP contribution >= 0.6 is 23.4 Å². The standard InChI is InChI=1S/C21H20ClF3N2S/c1-13(2)18-9-14(3)27(20(18)28-17-6-4-5-16(22)10-17)12-15-7-8-19(26-11-15)21(23,24)25/h4-11,13H,12H2,1-3H3. The maximum absolute atomic E-state index is 12.8. The Balaban J connectivity index is 1.96. The van der Waals surface area contributed by atoms with Gasteiger partial charge in [-0.25, -0.2) is 0 Å². The van der Waals surface area contributed by atoms with Gasteiger partial charge in [0.15, 0.2) is 0 Å². The molecule has 0 atom stereocenters. The van der Waals surface area contributed by atoms with Gasteiger partial charge in [-0.05, 0) is 54.3 Å². The molecule has 2 aromatic heterocycles. The molecule has 0 aliphatic rings. The van der Waals surface area contributed by atoms with Gasteiger partial charge in [0, 0.05) is 28.4 Å². The molecular formula is C21H20ClF3N2S. The number of rotatable bonds is 5. The summed E-state index contributed by atoms with van der Waals surface area (Å²) < 4.78 is 40.4. The molecule has 0 fully saturated rings. The third-order valence-corrected chi connectivity index (χ3v) is 5.74. The summed E-state index contributed by atoms with van der Waals surface area (Å²) in [6.45, 7) is 6.71. The highest BCUT2D eigenvalue weighted by atomic mass is 35.5. The minimum absolute atomic E-state index is 0.312. The fourth-order valence-corrected chi connectivity index (χ4v) is 4.46. The van der Waals surface area contributed by atoms with E-state index in [1.165, 1.54) is 17.8 Å². The van der Waals surface area contributed by atoms with E-state index in [1.807, 2.05) is 31.2 Å². The Morgan fingerprint density at radius 1 is 1.14 bits per heavy atom. The lowest BCUT2D eigenvalue weighted by molar-refractivity contribution is -0.141. The first-order chi connectivity index (χ1) is 13.1. The molecule has 0 unspecified atom stereocenters. The van der Waals surface area contributed by atoms with Crippen LogP contribution in [0.5, 0.6) is 0 Å². The molecule has 2 nitrogen and oxygen atoms in total. The van der Waals surface area contributed by atoms with Crippen molar-refractivity contribution in [2.75, 3.05) is 0 Å². The van der Waals surface area contributed by atoms with Crippen LogP contribution in [0.2, 0.25) is 5.02 Å². The van der Waals surface area contributed by atoms with Gasteiger partial charge in [-0.1, -0.05) is 49.3 Å². The summed E-state index contributed by atoms with van der Waals surface area (Å²) >= 11 is 7.73. The van der Waals surface area contributed by atoms with Crippen molar-refractivity contribution in [3.8, 4) is 0 Å². The molecular weight excluding hydrogens is 405 g/mol. The van der Waals surface area contributed by atoms with Gasteiger partial charge in [-0.15, -0.1) is 0 Å². The number of aromatic nitrogens is 2. The lowest BCUT2D eigenvalue weighted by Gasteiger charge is -2.15. The molecule has 7 heteroatoms. The second kappa shape index (κ2) is 8.21. The van der Waals surface area contributed by atoms with Crippen LogP contribution < -0.4 is 0 Å². The van der Waals surface area contributed by atoms with Crippen LogP contribution in [-0.4, -0.2) is 9.55 Å². The van der Waals surface area contributed by atoms with Crippen LogP contribution in [0.25, 0.3) is 0 Å². The summed E-state index contributed by atoms with van der Waals surface area (Å²) in [5.41, 5.74) is 2.09. The van der Waals surface area contributed by atoms with Crippen LogP contribution in [0.15, 0.2) is 58.6 Å². The number of pyridine rings is 1. The van der Waals surface area contributed by atoms with Crippen molar-refractivity contribution in [2.24, 2.45) is 0 Å². The monoisotopic (exact) mass is 424 g/mol. The van der Waals surface area contributed by atoms with Crippen molar-refractivity contribution in [1.82, 2.24) is 9.55 Å². The molecule has 0 bridgehead atoms. The first-order valence-corrected chi connectivity index (χ1v) is 10.00. The Hall–Kier alpha value is -1.92. The highest BCUT2D eigenvalue weighted by Crippen LogP contribution is 2.37. The Bertz CT molecular complexity index is 963. The van der Waals surface area contributed by atoms with E-state index >= 15 is 0 Å². The summed E-state index contributed by atoms with van der Waals surface area (Å²) in [5.74, 6) is 0.312. The molecule has 2 heterocycles. The van der Waals surface area contributed by atoms with Crippen molar-refractivity contribution in [2.45, 2.75) is 49.3 Å². The Kier molecular flexibility index (Phi) is 6.10. The van der Waals surface area contributed by atoms with E-state index in [9.17, 15) is 13.2 Å². The van der Waals surface area contributed by atoms with Crippen molar-refractivity contribution in [3.05, 3.63) is 76.2 Å². The fourth-order valence-electron chi connectivity index (χ4n) is 2.92. The van der Waals surface area contributed by atoms with Gasteiger partial charge in [-0.3, -0.25) is 4.98 Å². The highest BCUT2D eigenvalue weighted by molar-refractivity contribution is 7.99. The Morgan fingerprint density at radius 2 is 1.89 bits per heavy atom. The Morgan fingerprint density at radius 3 is 2.46 bits per heavy atom. The van der Waals surface area contributed by atoms with Crippen molar-refractivity contribution in [3.63, 3.8) is 0 Å². The molecule has 3 rings (SSSR count). The predicted molar refractivity (Wildman–Crippen MR) is 107 cm³/mol. The first-order valence-electron chi connectivity index (χ1n) is 8.80. The molecule has 3 aromatic rings. The van der Waals surface area contributed by atoms with Crippen molar-refractivity contribution >= 4 is 23.4 Å². The van der Waals surface area contributed by atoms with Gasteiger partial charge in [0.25, 0.3) is 0 Å². The molecule has 1 aromatic carbocycles. The topological polar surface area (TPSA) is 17.8 Å². The van der Waals surface area contributed by atoms with E-state index in [0.29, 0.717) is 17.5 Å². The number of halogens is 4. The predicted octanol–water partition coefficient (Wildman–Crippen LogP) is 7.19. The normalized spacial score (nSPS) is 12.0. The van der Waals surface area contributed by atoms with Gasteiger partial charge >= 0.3 is 6.18 Å². The molecule has 0 saturated heterocycles. The maximum atomic E-state index is 12.8. The molecule has 0 spiro atoms. The van der Waals surface area contributed by atoms with E-state index in [4.69, 9.17) is 11.6 Å². The minimum atomic E-state index is -4.43. The summed E-state index contributed by atoms with van der Waals surface area (Å²) in [5, 5.41) is 1.73. The number of hydrogen-bond acceptors (Lipinski definition) is 2. The third kappa shape index (κ3) is 4.73. The summed E-state index contributed by atoms with van der Waals surface area (Å²) in [6.07, 6.45) is -3.13. The zero-order valence-corrected chi connectivity index (χ0v) is 17.3. The molecule has 0 radical (unpaired) electrons. The molecule has 0 aliphatic carbocycles. The SMILES string of the molecule is Cc1cc(C(C)C)c(Sc2cccc(Cl)c2)n1Cc1ccc(C(F)(F)F)nc1. The zero-order chi connectivity index (χ0) is 20.5. The lowest BCUT2D eigenvalue weighted by atomic mass is 10.1.